The van der Waals surface area contributed by atoms with E-state index < -0.39 is 11.2 Å². The lowest BCUT2D eigenvalue weighted by atomic mass is 9.97. The Labute approximate surface area is 150 Å². The molecule has 0 bridgehead atoms. The number of benzene rings is 1. The van der Waals surface area contributed by atoms with Crippen LogP contribution in [-0.4, -0.2) is 37.2 Å². The smallest absolute Gasteiger partial charge is 0.311 e. The Kier molecular flexibility index (Phi) is 6.60. The van der Waals surface area contributed by atoms with Crippen molar-refractivity contribution < 1.29 is 23.7 Å². The predicted octanol–water partition coefficient (Wildman–Crippen LogP) is 3.70. The summed E-state index contributed by atoms with van der Waals surface area (Å²) in [5, 5.41) is 0. The first-order valence-electron chi connectivity index (χ1n) is 8.82. The van der Waals surface area contributed by atoms with Gasteiger partial charge >= 0.3 is 5.97 Å². The summed E-state index contributed by atoms with van der Waals surface area (Å²) >= 11 is 0. The van der Waals surface area contributed by atoms with Gasteiger partial charge in [-0.05, 0) is 40.2 Å². The highest BCUT2D eigenvalue weighted by molar-refractivity contribution is 5.75. The fourth-order valence-corrected chi connectivity index (χ4v) is 2.65. The second-order valence-electron chi connectivity index (χ2n) is 7.89. The molecule has 140 valence electrons. The molecule has 1 saturated heterocycles. The molecule has 0 radical (unpaired) electrons. The number of hydrogen-bond acceptors (Lipinski definition) is 5. The van der Waals surface area contributed by atoms with Crippen LogP contribution in [0.5, 0.6) is 0 Å². The molecular formula is C20H30O5. The number of hydrogen-bond donors (Lipinski definition) is 0. The van der Waals surface area contributed by atoms with Crippen molar-refractivity contribution in [3.63, 3.8) is 0 Å². The maximum atomic E-state index is 11.9. The van der Waals surface area contributed by atoms with Crippen LogP contribution in [0.3, 0.4) is 0 Å². The van der Waals surface area contributed by atoms with Crippen molar-refractivity contribution in [3.8, 4) is 0 Å². The molecule has 1 heterocycles. The van der Waals surface area contributed by atoms with Gasteiger partial charge in [0.15, 0.2) is 5.79 Å². The van der Waals surface area contributed by atoms with E-state index in [1.165, 1.54) is 0 Å². The van der Waals surface area contributed by atoms with Gasteiger partial charge in [0.2, 0.25) is 0 Å². The average Bonchev–Trinajstić information content (AvgIpc) is 2.81. The first kappa shape index (κ1) is 19.9. The number of rotatable bonds is 7. The standard InChI is InChI=1S/C20H30O5/c1-19(2,3)18(21)23-12-11-16-17(25-20(4,5)24-16)14-22-13-15-9-7-6-8-10-15/h6-10,16-17H,11-14H2,1-5H3/t16-,17+/m0/s1. The summed E-state index contributed by atoms with van der Waals surface area (Å²) in [7, 11) is 0. The summed E-state index contributed by atoms with van der Waals surface area (Å²) in [5.74, 6) is -0.859. The van der Waals surface area contributed by atoms with Crippen LogP contribution in [0.15, 0.2) is 30.3 Å². The Bertz CT molecular complexity index is 547. The van der Waals surface area contributed by atoms with Gasteiger partial charge in [-0.25, -0.2) is 0 Å². The van der Waals surface area contributed by atoms with Crippen molar-refractivity contribution in [3.05, 3.63) is 35.9 Å². The van der Waals surface area contributed by atoms with Crippen molar-refractivity contribution >= 4 is 5.97 Å². The third-order valence-electron chi connectivity index (χ3n) is 3.93. The molecule has 1 aromatic rings. The largest absolute Gasteiger partial charge is 0.465 e. The van der Waals surface area contributed by atoms with Crippen molar-refractivity contribution in [1.29, 1.82) is 0 Å². The van der Waals surface area contributed by atoms with Gasteiger partial charge in [0, 0.05) is 6.42 Å². The fraction of sp³-hybridized carbons (Fsp3) is 0.650. The molecule has 0 spiro atoms. The van der Waals surface area contributed by atoms with Gasteiger partial charge in [0.05, 0.1) is 31.3 Å². The minimum absolute atomic E-state index is 0.154. The van der Waals surface area contributed by atoms with E-state index in [-0.39, 0.29) is 18.2 Å². The second kappa shape index (κ2) is 8.30. The summed E-state index contributed by atoms with van der Waals surface area (Å²) in [4.78, 5) is 11.9. The van der Waals surface area contributed by atoms with Crippen LogP contribution in [0.1, 0.15) is 46.6 Å². The van der Waals surface area contributed by atoms with E-state index >= 15 is 0 Å². The Morgan fingerprint density at radius 2 is 1.76 bits per heavy atom. The highest BCUT2D eigenvalue weighted by Crippen LogP contribution is 2.30. The second-order valence-corrected chi connectivity index (χ2v) is 7.89. The number of ether oxygens (including phenoxy) is 4. The molecule has 1 fully saturated rings. The zero-order valence-corrected chi connectivity index (χ0v) is 15.9. The third kappa shape index (κ3) is 6.42. The zero-order valence-electron chi connectivity index (χ0n) is 15.9. The molecule has 0 aliphatic carbocycles. The van der Waals surface area contributed by atoms with Gasteiger partial charge in [0.1, 0.15) is 6.10 Å². The Hall–Kier alpha value is -1.43. The summed E-state index contributed by atoms with van der Waals surface area (Å²) in [6.45, 7) is 10.6. The first-order chi connectivity index (χ1) is 11.7. The van der Waals surface area contributed by atoms with Crippen LogP contribution in [0.25, 0.3) is 0 Å². The molecule has 2 rings (SSSR count). The van der Waals surface area contributed by atoms with Gasteiger partial charge in [-0.2, -0.15) is 0 Å². The molecule has 1 aliphatic rings. The van der Waals surface area contributed by atoms with E-state index in [2.05, 4.69) is 0 Å². The Morgan fingerprint density at radius 3 is 2.40 bits per heavy atom. The zero-order chi connectivity index (χ0) is 18.5. The molecule has 25 heavy (non-hydrogen) atoms. The number of carbonyl (C=O) groups is 1. The van der Waals surface area contributed by atoms with Crippen LogP contribution < -0.4 is 0 Å². The van der Waals surface area contributed by atoms with Gasteiger partial charge in [-0.15, -0.1) is 0 Å². The number of carbonyl (C=O) groups excluding carboxylic acids is 1. The van der Waals surface area contributed by atoms with Crippen molar-refractivity contribution in [2.45, 2.75) is 65.6 Å². The predicted molar refractivity (Wildman–Crippen MR) is 95.0 cm³/mol. The maximum Gasteiger partial charge on any atom is 0.311 e. The summed E-state index contributed by atoms with van der Waals surface area (Å²) in [6.07, 6.45) is 0.260. The van der Waals surface area contributed by atoms with E-state index in [0.29, 0.717) is 26.2 Å². The van der Waals surface area contributed by atoms with E-state index in [4.69, 9.17) is 18.9 Å². The van der Waals surface area contributed by atoms with Gasteiger partial charge in [-0.3, -0.25) is 4.79 Å². The maximum absolute atomic E-state index is 11.9. The molecular weight excluding hydrogens is 320 g/mol. The third-order valence-corrected chi connectivity index (χ3v) is 3.93. The van der Waals surface area contributed by atoms with Gasteiger partial charge < -0.3 is 18.9 Å². The average molecular weight is 350 g/mol. The highest BCUT2D eigenvalue weighted by Gasteiger charge is 2.41. The van der Waals surface area contributed by atoms with Crippen molar-refractivity contribution in [2.24, 2.45) is 5.41 Å². The minimum atomic E-state index is -0.653. The van der Waals surface area contributed by atoms with Crippen LogP contribution in [0, 0.1) is 5.41 Å². The summed E-state index contributed by atoms with van der Waals surface area (Å²) in [5.41, 5.74) is 0.626. The van der Waals surface area contributed by atoms with Crippen LogP contribution in [0.4, 0.5) is 0 Å². The molecule has 0 saturated carbocycles. The van der Waals surface area contributed by atoms with Crippen LogP contribution in [0.2, 0.25) is 0 Å². The molecule has 0 N–H and O–H groups in total. The molecule has 5 heteroatoms. The quantitative estimate of drug-likeness (QED) is 0.702. The van der Waals surface area contributed by atoms with Crippen LogP contribution in [-0.2, 0) is 30.3 Å². The van der Waals surface area contributed by atoms with E-state index in [0.717, 1.165) is 5.56 Å². The number of esters is 1. The lowest BCUT2D eigenvalue weighted by Gasteiger charge is -2.19. The SMILES string of the molecule is CC1(C)O[C@@H](CCOC(=O)C(C)(C)C)[C@@H](COCc2ccccc2)O1. The Balaban J connectivity index is 1.80. The van der Waals surface area contributed by atoms with E-state index in [1.807, 2.05) is 65.0 Å². The van der Waals surface area contributed by atoms with Crippen molar-refractivity contribution in [2.75, 3.05) is 13.2 Å². The topological polar surface area (TPSA) is 54.0 Å². The molecule has 0 aromatic heterocycles. The van der Waals surface area contributed by atoms with E-state index in [9.17, 15) is 4.79 Å². The molecule has 0 unspecified atom stereocenters. The molecule has 1 aromatic carbocycles. The molecule has 5 nitrogen and oxygen atoms in total. The fourth-order valence-electron chi connectivity index (χ4n) is 2.65. The van der Waals surface area contributed by atoms with E-state index in [1.54, 1.807) is 0 Å². The molecule has 1 aliphatic heterocycles. The minimum Gasteiger partial charge on any atom is -0.465 e. The van der Waals surface area contributed by atoms with Gasteiger partial charge in [-0.1, -0.05) is 30.3 Å². The molecule has 0 amide bonds. The monoisotopic (exact) mass is 350 g/mol. The van der Waals surface area contributed by atoms with Crippen LogP contribution >= 0.6 is 0 Å². The highest BCUT2D eigenvalue weighted by atomic mass is 16.8. The summed E-state index contributed by atoms with van der Waals surface area (Å²) in [6, 6.07) is 10.0. The lowest BCUT2D eigenvalue weighted by Crippen LogP contribution is -2.30. The van der Waals surface area contributed by atoms with Gasteiger partial charge in [0.25, 0.3) is 0 Å². The first-order valence-corrected chi connectivity index (χ1v) is 8.82. The lowest BCUT2D eigenvalue weighted by molar-refractivity contribution is -0.157. The molecule has 2 atom stereocenters. The normalized spacial score (nSPS) is 22.8. The van der Waals surface area contributed by atoms with Crippen molar-refractivity contribution in [1.82, 2.24) is 0 Å². The summed E-state index contributed by atoms with van der Waals surface area (Å²) < 4.78 is 23.0. The Morgan fingerprint density at radius 1 is 1.12 bits per heavy atom.